The Balaban J connectivity index is 1.98. The van der Waals surface area contributed by atoms with Gasteiger partial charge in [-0.2, -0.15) is 0 Å². The van der Waals surface area contributed by atoms with E-state index in [2.05, 4.69) is 4.90 Å². The number of piperidine rings is 1. The molecule has 1 fully saturated rings. The average molecular weight is 302 g/mol. The van der Waals surface area contributed by atoms with Crippen LogP contribution in [0.15, 0.2) is 29.2 Å². The molecule has 5 nitrogen and oxygen atoms in total. The van der Waals surface area contributed by atoms with Gasteiger partial charge < -0.3 is 4.90 Å². The van der Waals surface area contributed by atoms with E-state index in [0.29, 0.717) is 6.54 Å². The van der Waals surface area contributed by atoms with E-state index >= 15 is 0 Å². The molecule has 0 bridgehead atoms. The summed E-state index contributed by atoms with van der Waals surface area (Å²) in [5, 5.41) is 0. The molecule has 2 rings (SSSR count). The van der Waals surface area contributed by atoms with Crippen molar-refractivity contribution in [3.8, 4) is 0 Å². The molecule has 1 aliphatic heterocycles. The number of sulfonamides is 1. The number of nitrogens with one attached hydrogen (secondary N) is 1. The minimum absolute atomic E-state index is 0.203. The normalized spacial score (nSPS) is 21.0. The first kappa shape index (κ1) is 15.4. The first-order chi connectivity index (χ1) is 9.53. The second-order valence-electron chi connectivity index (χ2n) is 4.79. The van der Waals surface area contributed by atoms with Crippen molar-refractivity contribution in [2.24, 2.45) is 0 Å². The number of benzene rings is 1. The maximum atomic E-state index is 13.5. The molecule has 0 amide bonds. The average Bonchev–Trinajstić information content (AvgIpc) is 2.46. The summed E-state index contributed by atoms with van der Waals surface area (Å²) in [6.07, 6.45) is 1.54. The van der Waals surface area contributed by atoms with E-state index in [1.165, 1.54) is 18.2 Å². The van der Waals surface area contributed by atoms with Crippen LogP contribution in [-0.2, 0) is 14.9 Å². The summed E-state index contributed by atoms with van der Waals surface area (Å²) in [5.74, 6) is -0.789. The zero-order valence-electron chi connectivity index (χ0n) is 11.4. The molecule has 1 heterocycles. The van der Waals surface area contributed by atoms with Crippen LogP contribution >= 0.6 is 0 Å². The van der Waals surface area contributed by atoms with E-state index < -0.39 is 20.7 Å². The van der Waals surface area contributed by atoms with Crippen LogP contribution in [0, 0.1) is 5.82 Å². The fourth-order valence-corrected chi connectivity index (χ4v) is 3.17. The molecule has 7 heteroatoms. The van der Waals surface area contributed by atoms with Crippen molar-refractivity contribution in [3.05, 3.63) is 30.1 Å². The van der Waals surface area contributed by atoms with Crippen LogP contribution in [0.25, 0.3) is 0 Å². The number of halogens is 1. The Morgan fingerprint density at radius 3 is 2.90 bits per heavy atom. The van der Waals surface area contributed by atoms with Crippen LogP contribution in [0.4, 0.5) is 4.39 Å². The zero-order valence-corrected chi connectivity index (χ0v) is 12.2. The summed E-state index contributed by atoms with van der Waals surface area (Å²) in [6, 6.07) is 5.22. The van der Waals surface area contributed by atoms with Crippen molar-refractivity contribution < 1.29 is 17.6 Å². The lowest BCUT2D eigenvalue weighted by molar-refractivity contribution is -0.0259. The molecule has 1 N–H and O–H groups in total. The molecule has 1 saturated heterocycles. The van der Waals surface area contributed by atoms with Crippen LogP contribution in [0.5, 0.6) is 0 Å². The van der Waals surface area contributed by atoms with Crippen LogP contribution in [0.2, 0.25) is 0 Å². The molecule has 0 aliphatic carbocycles. The Hall–Kier alpha value is -1.02. The minimum Gasteiger partial charge on any atom is -0.301 e. The SMILES string of the molecule is CCN1CCCC(ONS(=O)(=O)c2ccccc2F)C1. The van der Waals surface area contributed by atoms with Gasteiger partial charge in [0.2, 0.25) is 0 Å². The van der Waals surface area contributed by atoms with Crippen molar-refractivity contribution in [2.45, 2.75) is 30.8 Å². The first-order valence-electron chi connectivity index (χ1n) is 6.67. The van der Waals surface area contributed by atoms with Gasteiger partial charge in [0, 0.05) is 6.54 Å². The van der Waals surface area contributed by atoms with Crippen LogP contribution in [0.1, 0.15) is 19.8 Å². The third kappa shape index (κ3) is 3.76. The fraction of sp³-hybridized carbons (Fsp3) is 0.538. The molecular formula is C13H19FN2O3S. The second-order valence-corrected chi connectivity index (χ2v) is 6.41. The van der Waals surface area contributed by atoms with E-state index in [1.54, 1.807) is 0 Å². The van der Waals surface area contributed by atoms with Crippen LogP contribution in [0.3, 0.4) is 0 Å². The third-order valence-corrected chi connectivity index (χ3v) is 4.59. The fourth-order valence-electron chi connectivity index (χ4n) is 2.24. The highest BCUT2D eigenvalue weighted by atomic mass is 32.2. The van der Waals surface area contributed by atoms with E-state index in [-0.39, 0.29) is 6.10 Å². The van der Waals surface area contributed by atoms with Gasteiger partial charge in [-0.3, -0.25) is 4.84 Å². The third-order valence-electron chi connectivity index (χ3n) is 3.36. The highest BCUT2D eigenvalue weighted by Crippen LogP contribution is 2.15. The predicted octanol–water partition coefficient (Wildman–Crippen LogP) is 1.52. The van der Waals surface area contributed by atoms with Gasteiger partial charge in [-0.15, -0.1) is 0 Å². The molecule has 0 aromatic heterocycles. The van der Waals surface area contributed by atoms with Gasteiger partial charge in [0.25, 0.3) is 10.0 Å². The summed E-state index contributed by atoms with van der Waals surface area (Å²) < 4.78 is 37.4. The van der Waals surface area contributed by atoms with Crippen molar-refractivity contribution in [1.82, 2.24) is 9.79 Å². The van der Waals surface area contributed by atoms with Gasteiger partial charge in [-0.25, -0.2) is 12.8 Å². The Morgan fingerprint density at radius 2 is 2.20 bits per heavy atom. The predicted molar refractivity (Wildman–Crippen MR) is 72.9 cm³/mol. The molecule has 1 atom stereocenters. The van der Waals surface area contributed by atoms with Gasteiger partial charge >= 0.3 is 0 Å². The lowest BCUT2D eigenvalue weighted by Gasteiger charge is -2.31. The van der Waals surface area contributed by atoms with Gasteiger partial charge in [0.05, 0.1) is 6.10 Å². The Kier molecular flexibility index (Phi) is 5.09. The molecule has 1 unspecified atom stereocenters. The van der Waals surface area contributed by atoms with E-state index in [4.69, 9.17) is 4.84 Å². The van der Waals surface area contributed by atoms with E-state index in [9.17, 15) is 12.8 Å². The van der Waals surface area contributed by atoms with Gasteiger partial charge in [-0.1, -0.05) is 23.9 Å². The minimum atomic E-state index is -3.98. The highest BCUT2D eigenvalue weighted by molar-refractivity contribution is 7.89. The van der Waals surface area contributed by atoms with Gasteiger partial charge in [0.15, 0.2) is 0 Å². The summed E-state index contributed by atoms with van der Waals surface area (Å²) in [6.45, 7) is 4.62. The number of nitrogens with zero attached hydrogens (tertiary/aromatic N) is 1. The molecule has 0 spiro atoms. The number of likely N-dealkylation sites (N-methyl/N-ethyl adjacent to an activating group) is 1. The topological polar surface area (TPSA) is 58.6 Å². The number of hydrogen-bond acceptors (Lipinski definition) is 4. The number of rotatable bonds is 5. The van der Waals surface area contributed by atoms with Gasteiger partial charge in [0.1, 0.15) is 10.7 Å². The summed E-state index contributed by atoms with van der Waals surface area (Å²) in [5.41, 5.74) is 0. The Bertz CT molecular complexity index is 550. The second kappa shape index (κ2) is 6.62. The van der Waals surface area contributed by atoms with Crippen molar-refractivity contribution in [3.63, 3.8) is 0 Å². The smallest absolute Gasteiger partial charge is 0.265 e. The first-order valence-corrected chi connectivity index (χ1v) is 8.15. The molecular weight excluding hydrogens is 283 g/mol. The van der Waals surface area contributed by atoms with Crippen LogP contribution in [-0.4, -0.2) is 39.1 Å². The Morgan fingerprint density at radius 1 is 1.45 bits per heavy atom. The zero-order chi connectivity index (χ0) is 14.6. The molecule has 1 aromatic rings. The standard InChI is InChI=1S/C13H19FN2O3S/c1-2-16-9-5-6-11(10-16)19-15-20(17,18)13-8-4-3-7-12(13)14/h3-4,7-8,11,15H,2,5-6,9-10H2,1H3. The molecule has 1 aliphatic rings. The van der Waals surface area contributed by atoms with Gasteiger partial charge in [-0.05, 0) is 38.1 Å². The lowest BCUT2D eigenvalue weighted by Crippen LogP contribution is -2.42. The summed E-state index contributed by atoms with van der Waals surface area (Å²) in [7, 11) is -3.98. The largest absolute Gasteiger partial charge is 0.301 e. The maximum Gasteiger partial charge on any atom is 0.265 e. The molecule has 0 radical (unpaired) electrons. The Labute approximate surface area is 118 Å². The summed E-state index contributed by atoms with van der Waals surface area (Å²) in [4.78, 5) is 9.07. The molecule has 0 saturated carbocycles. The molecule has 20 heavy (non-hydrogen) atoms. The van der Waals surface area contributed by atoms with Crippen molar-refractivity contribution in [2.75, 3.05) is 19.6 Å². The number of likely N-dealkylation sites (tertiary alicyclic amines) is 1. The van der Waals surface area contributed by atoms with Crippen molar-refractivity contribution in [1.29, 1.82) is 0 Å². The van der Waals surface area contributed by atoms with E-state index in [0.717, 1.165) is 32.0 Å². The highest BCUT2D eigenvalue weighted by Gasteiger charge is 2.24. The maximum absolute atomic E-state index is 13.5. The monoisotopic (exact) mass is 302 g/mol. The molecule has 112 valence electrons. The number of hydrogen-bond donors (Lipinski definition) is 1. The quantitative estimate of drug-likeness (QED) is 0.838. The lowest BCUT2D eigenvalue weighted by atomic mass is 10.1. The molecule has 1 aromatic carbocycles. The van der Waals surface area contributed by atoms with Crippen LogP contribution < -0.4 is 4.89 Å². The van der Waals surface area contributed by atoms with E-state index in [1.807, 2.05) is 11.8 Å². The van der Waals surface area contributed by atoms with Crippen molar-refractivity contribution >= 4 is 10.0 Å². The summed E-state index contributed by atoms with van der Waals surface area (Å²) >= 11 is 0.